The molecule has 4 atom stereocenters. The Kier molecular flexibility index (Phi) is 5.66. The zero-order chi connectivity index (χ0) is 27.0. The van der Waals surface area contributed by atoms with E-state index in [4.69, 9.17) is 26.1 Å². The van der Waals surface area contributed by atoms with Gasteiger partial charge in [-0.2, -0.15) is 15.1 Å². The first-order chi connectivity index (χ1) is 19.5. The molecule has 1 N–H and O–H groups in total. The van der Waals surface area contributed by atoms with E-state index < -0.39 is 12.0 Å². The van der Waals surface area contributed by atoms with Gasteiger partial charge in [0.25, 0.3) is 0 Å². The van der Waals surface area contributed by atoms with Crippen LogP contribution in [0.1, 0.15) is 32.1 Å². The Morgan fingerprint density at radius 1 is 1.12 bits per heavy atom. The number of halogens is 3. The van der Waals surface area contributed by atoms with Crippen LogP contribution in [0.5, 0.6) is 6.01 Å². The van der Waals surface area contributed by atoms with Crippen molar-refractivity contribution in [3.63, 3.8) is 0 Å². The number of aromatic nitrogens is 5. The van der Waals surface area contributed by atoms with Crippen molar-refractivity contribution >= 4 is 39.2 Å². The number of fused-ring (bicyclic) bond motifs is 5. The first-order valence-electron chi connectivity index (χ1n) is 13.9. The van der Waals surface area contributed by atoms with Gasteiger partial charge in [-0.05, 0) is 50.4 Å². The number of nitrogens with zero attached hydrogens (tertiary/aromatic N) is 6. The zero-order valence-corrected chi connectivity index (χ0v) is 22.5. The molecule has 0 saturated carbocycles. The summed E-state index contributed by atoms with van der Waals surface area (Å²) < 4.78 is 43.0. The second-order valence-electron chi connectivity index (χ2n) is 11.5. The van der Waals surface area contributed by atoms with Crippen LogP contribution in [0.2, 0.25) is 5.02 Å². The van der Waals surface area contributed by atoms with Crippen LogP contribution in [0.3, 0.4) is 0 Å². The van der Waals surface area contributed by atoms with Crippen LogP contribution in [0.25, 0.3) is 33.2 Å². The third-order valence-electron chi connectivity index (χ3n) is 8.97. The van der Waals surface area contributed by atoms with Gasteiger partial charge >= 0.3 is 6.01 Å². The number of pyridine rings is 1. The SMILES string of the molecule is Fc1c(-c2n[nH]c3ccc(Cl)cc23)ncc2c(N3CC4CCC(C3)O4)nc(OC[C@@]34CCCN3C[C@H](F)C4)nc12. The maximum atomic E-state index is 16.4. The van der Waals surface area contributed by atoms with Gasteiger partial charge in [-0.3, -0.25) is 15.0 Å². The molecule has 1 aromatic carbocycles. The van der Waals surface area contributed by atoms with Gasteiger partial charge in [0.2, 0.25) is 0 Å². The predicted octanol–water partition coefficient (Wildman–Crippen LogP) is 4.68. The van der Waals surface area contributed by atoms with E-state index in [9.17, 15) is 4.39 Å². The lowest BCUT2D eigenvalue weighted by molar-refractivity contribution is 0.0302. The molecule has 0 spiro atoms. The highest BCUT2D eigenvalue weighted by Crippen LogP contribution is 2.41. The summed E-state index contributed by atoms with van der Waals surface area (Å²) in [6.07, 6.45) is 5.22. The van der Waals surface area contributed by atoms with Crippen LogP contribution in [-0.4, -0.2) is 86.8 Å². The standard InChI is InChI=1S/C28H28ClF2N7O2/c29-15-2-5-21-19(8-15)24(36-35-21)25-22(31)23-20(10-32-25)26(37-12-17-3-4-18(13-37)40-17)34-27(33-23)39-14-28-6-1-7-38(28)11-16(30)9-28/h2,5,8,10,16-18H,1,3-4,6-7,9,11-14H2,(H,35,36)/t16-,17?,18?,28+/m1/s1. The second kappa shape index (κ2) is 9.19. The van der Waals surface area contributed by atoms with Crippen LogP contribution >= 0.6 is 11.6 Å². The predicted molar refractivity (Wildman–Crippen MR) is 146 cm³/mol. The minimum Gasteiger partial charge on any atom is -0.461 e. The summed E-state index contributed by atoms with van der Waals surface area (Å²) >= 11 is 6.23. The Balaban J connectivity index is 1.23. The van der Waals surface area contributed by atoms with Gasteiger partial charge in [-0.25, -0.2) is 8.78 Å². The molecule has 3 aromatic heterocycles. The molecule has 4 saturated heterocycles. The summed E-state index contributed by atoms with van der Waals surface area (Å²) in [6.45, 7) is 2.84. The van der Waals surface area contributed by atoms with Gasteiger partial charge in [-0.15, -0.1) is 0 Å². The molecule has 2 bridgehead atoms. The molecule has 208 valence electrons. The van der Waals surface area contributed by atoms with Gasteiger partial charge in [-0.1, -0.05) is 11.6 Å². The van der Waals surface area contributed by atoms with Crippen molar-refractivity contribution in [2.75, 3.05) is 37.7 Å². The summed E-state index contributed by atoms with van der Waals surface area (Å²) in [7, 11) is 0. The van der Waals surface area contributed by atoms with Crippen molar-refractivity contribution < 1.29 is 18.3 Å². The molecular weight excluding hydrogens is 540 g/mol. The molecule has 4 aliphatic rings. The maximum Gasteiger partial charge on any atom is 0.319 e. The lowest BCUT2D eigenvalue weighted by Crippen LogP contribution is -2.44. The first-order valence-corrected chi connectivity index (χ1v) is 14.3. The molecule has 4 fully saturated rings. The largest absolute Gasteiger partial charge is 0.461 e. The van der Waals surface area contributed by atoms with Crippen molar-refractivity contribution in [2.45, 2.75) is 56.0 Å². The minimum atomic E-state index is -0.871. The molecule has 9 nitrogen and oxygen atoms in total. The highest BCUT2D eigenvalue weighted by molar-refractivity contribution is 6.31. The van der Waals surface area contributed by atoms with Gasteiger partial charge in [0, 0.05) is 42.7 Å². The molecule has 2 unspecified atom stereocenters. The van der Waals surface area contributed by atoms with E-state index in [2.05, 4.69) is 30.0 Å². The molecule has 7 heterocycles. The first kappa shape index (κ1) is 24.6. The van der Waals surface area contributed by atoms with Crippen LogP contribution in [0.4, 0.5) is 14.6 Å². The number of benzene rings is 1. The Morgan fingerprint density at radius 2 is 1.98 bits per heavy atom. The number of H-pyrrole nitrogens is 1. The quantitative estimate of drug-likeness (QED) is 0.372. The summed E-state index contributed by atoms with van der Waals surface area (Å²) in [5, 5.41) is 8.94. The van der Waals surface area contributed by atoms with Crippen molar-refractivity contribution in [1.29, 1.82) is 0 Å². The van der Waals surface area contributed by atoms with Crippen LogP contribution in [0.15, 0.2) is 24.4 Å². The van der Waals surface area contributed by atoms with Gasteiger partial charge < -0.3 is 14.4 Å². The lowest BCUT2D eigenvalue weighted by atomic mass is 9.95. The number of alkyl halides is 1. The molecule has 0 radical (unpaired) electrons. The van der Waals surface area contributed by atoms with Crippen molar-refractivity contribution in [1.82, 2.24) is 30.0 Å². The fraction of sp³-hybridized carbons (Fsp3) is 0.500. The molecule has 0 amide bonds. The van der Waals surface area contributed by atoms with E-state index in [0.717, 1.165) is 37.7 Å². The van der Waals surface area contributed by atoms with E-state index >= 15 is 4.39 Å². The Labute approximate surface area is 233 Å². The number of rotatable bonds is 5. The summed E-state index contributed by atoms with van der Waals surface area (Å²) in [5.74, 6) is -0.0374. The molecule has 8 rings (SSSR count). The van der Waals surface area contributed by atoms with Crippen molar-refractivity contribution in [3.05, 3.63) is 35.2 Å². The lowest BCUT2D eigenvalue weighted by Gasteiger charge is -2.34. The number of ether oxygens (including phenoxy) is 2. The average Bonchev–Trinajstić information content (AvgIpc) is 3.69. The van der Waals surface area contributed by atoms with Gasteiger partial charge in [0.05, 0.1) is 28.6 Å². The highest BCUT2D eigenvalue weighted by Gasteiger charge is 2.49. The van der Waals surface area contributed by atoms with Crippen LogP contribution < -0.4 is 9.64 Å². The monoisotopic (exact) mass is 567 g/mol. The number of aromatic amines is 1. The summed E-state index contributed by atoms with van der Waals surface area (Å²) in [6, 6.07) is 5.35. The number of hydrogen-bond donors (Lipinski definition) is 1. The van der Waals surface area contributed by atoms with Crippen molar-refractivity contribution in [2.24, 2.45) is 0 Å². The summed E-state index contributed by atoms with van der Waals surface area (Å²) in [4.78, 5) is 18.1. The van der Waals surface area contributed by atoms with Gasteiger partial charge in [0.15, 0.2) is 5.82 Å². The fourth-order valence-corrected chi connectivity index (χ4v) is 7.27. The normalized spacial score (nSPS) is 28.2. The fourth-order valence-electron chi connectivity index (χ4n) is 7.09. The highest BCUT2D eigenvalue weighted by atomic mass is 35.5. The van der Waals surface area contributed by atoms with Crippen molar-refractivity contribution in [3.8, 4) is 17.4 Å². The zero-order valence-electron chi connectivity index (χ0n) is 21.7. The van der Waals surface area contributed by atoms with Crippen LogP contribution in [-0.2, 0) is 4.74 Å². The smallest absolute Gasteiger partial charge is 0.319 e. The number of morpholine rings is 1. The van der Waals surface area contributed by atoms with E-state index in [0.29, 0.717) is 53.4 Å². The average molecular weight is 568 g/mol. The van der Waals surface area contributed by atoms with E-state index in [1.54, 1.807) is 24.4 Å². The second-order valence-corrected chi connectivity index (χ2v) is 11.9. The van der Waals surface area contributed by atoms with E-state index in [1.165, 1.54) is 0 Å². The molecule has 4 aliphatic heterocycles. The molecule has 0 aliphatic carbocycles. The maximum absolute atomic E-state index is 16.4. The van der Waals surface area contributed by atoms with Crippen LogP contribution in [0, 0.1) is 5.82 Å². The minimum absolute atomic E-state index is 0.0651. The molecule has 40 heavy (non-hydrogen) atoms. The van der Waals surface area contributed by atoms with Gasteiger partial charge in [0.1, 0.15) is 35.5 Å². The molecule has 12 heteroatoms. The molecular formula is C28H28ClF2N7O2. The third-order valence-corrected chi connectivity index (χ3v) is 9.20. The van der Waals surface area contributed by atoms with E-state index in [-0.39, 0.29) is 41.6 Å². The topological polar surface area (TPSA) is 92.3 Å². The van der Waals surface area contributed by atoms with E-state index in [1.807, 2.05) is 0 Å². The number of nitrogens with one attached hydrogen (secondary N) is 1. The number of anilines is 1. The number of hydrogen-bond acceptors (Lipinski definition) is 8. The Hall–Kier alpha value is -3.15. The third kappa shape index (κ3) is 3.93. The Morgan fingerprint density at radius 3 is 2.83 bits per heavy atom. The molecule has 4 aromatic rings. The summed E-state index contributed by atoms with van der Waals surface area (Å²) in [5.41, 5.74) is 0.878. The Bertz CT molecular complexity index is 1620.